The van der Waals surface area contributed by atoms with Crippen LogP contribution in [-0.4, -0.2) is 38.9 Å². The molecule has 0 saturated carbocycles. The molecule has 0 spiro atoms. The van der Waals surface area contributed by atoms with Crippen LogP contribution < -0.4 is 14.4 Å². The molecule has 0 aliphatic carbocycles. The SMILES string of the molecule is CCCCN(CCCC)c1cc(OC)c(C=CC2=C(C#N)C(=O)OC2(C)C)c(OC)c1. The molecule has 1 aromatic carbocycles. The first kappa shape index (κ1) is 24.3. The van der Waals surface area contributed by atoms with Crippen LogP contribution >= 0.6 is 0 Å². The van der Waals surface area contributed by atoms with E-state index in [1.807, 2.05) is 24.3 Å². The lowest BCUT2D eigenvalue weighted by molar-refractivity contribution is -0.144. The van der Waals surface area contributed by atoms with Gasteiger partial charge in [0, 0.05) is 36.5 Å². The summed E-state index contributed by atoms with van der Waals surface area (Å²) < 4.78 is 16.7. The number of cyclic esters (lactones) is 1. The van der Waals surface area contributed by atoms with Crippen LogP contribution in [0.2, 0.25) is 0 Å². The highest BCUT2D eigenvalue weighted by Crippen LogP contribution is 2.38. The molecule has 0 fully saturated rings. The van der Waals surface area contributed by atoms with E-state index in [0.717, 1.165) is 50.0 Å². The van der Waals surface area contributed by atoms with E-state index in [-0.39, 0.29) is 5.57 Å². The number of carbonyl (C=O) groups is 1. The van der Waals surface area contributed by atoms with E-state index in [2.05, 4.69) is 18.7 Å². The van der Waals surface area contributed by atoms with Gasteiger partial charge in [0.25, 0.3) is 0 Å². The van der Waals surface area contributed by atoms with E-state index >= 15 is 0 Å². The van der Waals surface area contributed by atoms with Crippen LogP contribution in [0.15, 0.2) is 29.4 Å². The number of ether oxygens (including phenoxy) is 3. The molecule has 0 aromatic heterocycles. The quantitative estimate of drug-likeness (QED) is 0.448. The Bertz CT molecular complexity index is 860. The lowest BCUT2D eigenvalue weighted by Crippen LogP contribution is -2.25. The van der Waals surface area contributed by atoms with E-state index in [1.165, 1.54) is 0 Å². The van der Waals surface area contributed by atoms with Crippen LogP contribution in [-0.2, 0) is 9.53 Å². The van der Waals surface area contributed by atoms with Gasteiger partial charge < -0.3 is 19.1 Å². The third-order valence-corrected chi connectivity index (χ3v) is 5.46. The third kappa shape index (κ3) is 5.61. The summed E-state index contributed by atoms with van der Waals surface area (Å²) >= 11 is 0. The minimum absolute atomic E-state index is 0.0288. The van der Waals surface area contributed by atoms with Crippen LogP contribution in [0.25, 0.3) is 6.08 Å². The first-order chi connectivity index (χ1) is 14.8. The number of nitriles is 1. The van der Waals surface area contributed by atoms with Crippen molar-refractivity contribution in [2.45, 2.75) is 59.0 Å². The molecule has 2 rings (SSSR count). The largest absolute Gasteiger partial charge is 0.496 e. The molecule has 0 radical (unpaired) electrons. The molecular formula is C25H34N2O4. The number of anilines is 1. The summed E-state index contributed by atoms with van der Waals surface area (Å²) in [4.78, 5) is 14.4. The molecule has 1 aromatic rings. The number of carbonyl (C=O) groups excluding carboxylic acids is 1. The molecular weight excluding hydrogens is 392 g/mol. The molecule has 6 heteroatoms. The van der Waals surface area contributed by atoms with Crippen molar-refractivity contribution < 1.29 is 19.0 Å². The predicted molar refractivity (Wildman–Crippen MR) is 123 cm³/mol. The second kappa shape index (κ2) is 10.9. The molecule has 1 heterocycles. The van der Waals surface area contributed by atoms with Gasteiger partial charge in [-0.3, -0.25) is 0 Å². The average molecular weight is 427 g/mol. The number of unbranched alkanes of at least 4 members (excludes halogenated alkanes) is 2. The molecule has 0 amide bonds. The summed E-state index contributed by atoms with van der Waals surface area (Å²) in [6.07, 6.45) is 8.05. The fourth-order valence-electron chi connectivity index (χ4n) is 3.65. The molecule has 0 unspecified atom stereocenters. The number of benzene rings is 1. The van der Waals surface area contributed by atoms with Gasteiger partial charge >= 0.3 is 5.97 Å². The normalized spacial score (nSPS) is 15.2. The second-order valence-corrected chi connectivity index (χ2v) is 8.09. The van der Waals surface area contributed by atoms with Crippen molar-refractivity contribution in [3.8, 4) is 17.6 Å². The zero-order valence-corrected chi connectivity index (χ0v) is 19.6. The lowest BCUT2D eigenvalue weighted by atomic mass is 9.94. The van der Waals surface area contributed by atoms with Crippen molar-refractivity contribution in [1.29, 1.82) is 5.26 Å². The maximum Gasteiger partial charge on any atom is 0.350 e. The van der Waals surface area contributed by atoms with Gasteiger partial charge in [0.05, 0.1) is 19.8 Å². The number of esters is 1. The Hall–Kier alpha value is -2.94. The van der Waals surface area contributed by atoms with Crippen molar-refractivity contribution >= 4 is 17.7 Å². The van der Waals surface area contributed by atoms with Gasteiger partial charge in [0.15, 0.2) is 0 Å². The van der Waals surface area contributed by atoms with Gasteiger partial charge in [-0.1, -0.05) is 32.8 Å². The molecule has 6 nitrogen and oxygen atoms in total. The molecule has 0 atom stereocenters. The predicted octanol–water partition coefficient (Wildman–Crippen LogP) is 5.28. The van der Waals surface area contributed by atoms with Gasteiger partial charge in [-0.25, -0.2) is 4.79 Å². The maximum atomic E-state index is 12.0. The molecule has 0 saturated heterocycles. The Morgan fingerprint density at radius 2 is 1.61 bits per heavy atom. The average Bonchev–Trinajstić information content (AvgIpc) is 2.98. The third-order valence-electron chi connectivity index (χ3n) is 5.46. The maximum absolute atomic E-state index is 12.0. The minimum Gasteiger partial charge on any atom is -0.496 e. The van der Waals surface area contributed by atoms with E-state index in [9.17, 15) is 10.1 Å². The number of rotatable bonds is 11. The number of hydrogen-bond acceptors (Lipinski definition) is 6. The number of hydrogen-bond donors (Lipinski definition) is 0. The summed E-state index contributed by atoms with van der Waals surface area (Å²) in [7, 11) is 3.26. The highest BCUT2D eigenvalue weighted by atomic mass is 16.6. The molecule has 0 bridgehead atoms. The Balaban J connectivity index is 2.49. The Labute approximate surface area is 186 Å². The van der Waals surface area contributed by atoms with Crippen molar-refractivity contribution in [3.63, 3.8) is 0 Å². The van der Waals surface area contributed by atoms with Crippen LogP contribution in [0.3, 0.4) is 0 Å². The summed E-state index contributed by atoms with van der Waals surface area (Å²) in [6, 6.07) is 6.01. The van der Waals surface area contributed by atoms with Crippen LogP contribution in [0, 0.1) is 11.3 Å². The smallest absolute Gasteiger partial charge is 0.350 e. The Morgan fingerprint density at radius 3 is 2.06 bits per heavy atom. The van der Waals surface area contributed by atoms with Crippen LogP contribution in [0.5, 0.6) is 11.5 Å². The Morgan fingerprint density at radius 1 is 1.06 bits per heavy atom. The monoisotopic (exact) mass is 426 g/mol. The van der Waals surface area contributed by atoms with Gasteiger partial charge in [-0.05, 0) is 32.8 Å². The first-order valence-electron chi connectivity index (χ1n) is 10.9. The van der Waals surface area contributed by atoms with E-state index in [4.69, 9.17) is 14.2 Å². The van der Waals surface area contributed by atoms with Gasteiger partial charge in [0.1, 0.15) is 28.7 Å². The zero-order chi connectivity index (χ0) is 23.0. The van der Waals surface area contributed by atoms with Crippen LogP contribution in [0.4, 0.5) is 5.69 Å². The lowest BCUT2D eigenvalue weighted by Gasteiger charge is -2.26. The molecule has 0 N–H and O–H groups in total. The topological polar surface area (TPSA) is 71.8 Å². The van der Waals surface area contributed by atoms with Crippen molar-refractivity contribution in [1.82, 2.24) is 0 Å². The second-order valence-electron chi connectivity index (χ2n) is 8.09. The minimum atomic E-state index is -0.865. The van der Waals surface area contributed by atoms with Gasteiger partial charge in [-0.2, -0.15) is 5.26 Å². The van der Waals surface area contributed by atoms with E-state index < -0.39 is 11.6 Å². The first-order valence-corrected chi connectivity index (χ1v) is 10.9. The highest BCUT2D eigenvalue weighted by molar-refractivity contribution is 5.98. The fourth-order valence-corrected chi connectivity index (χ4v) is 3.65. The van der Waals surface area contributed by atoms with Gasteiger partial charge in [-0.15, -0.1) is 0 Å². The Kier molecular flexibility index (Phi) is 8.56. The molecule has 1 aliphatic rings. The van der Waals surface area contributed by atoms with E-state index in [1.54, 1.807) is 34.1 Å². The van der Waals surface area contributed by atoms with Crippen molar-refractivity contribution in [3.05, 3.63) is 34.9 Å². The summed E-state index contributed by atoms with van der Waals surface area (Å²) in [5, 5.41) is 9.38. The van der Waals surface area contributed by atoms with E-state index in [0.29, 0.717) is 17.1 Å². The number of methoxy groups -OCH3 is 2. The standard InChI is InChI=1S/C25H34N2O4/c1-7-9-13-27(14-10-8-2)18-15-22(29-5)19(23(16-18)30-6)11-12-21-20(17-26)24(28)31-25(21,3)4/h11-12,15-16H,7-10,13-14H2,1-6H3. The van der Waals surface area contributed by atoms with Crippen molar-refractivity contribution in [2.75, 3.05) is 32.2 Å². The highest BCUT2D eigenvalue weighted by Gasteiger charge is 2.39. The summed E-state index contributed by atoms with van der Waals surface area (Å²) in [6.45, 7) is 9.87. The fraction of sp³-hybridized carbons (Fsp3) is 0.520. The van der Waals surface area contributed by atoms with Crippen molar-refractivity contribution in [2.24, 2.45) is 0 Å². The van der Waals surface area contributed by atoms with Crippen LogP contribution in [0.1, 0.15) is 58.9 Å². The molecule has 168 valence electrons. The zero-order valence-electron chi connectivity index (χ0n) is 19.6. The number of nitrogens with zero attached hydrogens (tertiary/aromatic N) is 2. The summed E-state index contributed by atoms with van der Waals surface area (Å²) in [5.41, 5.74) is 1.52. The summed E-state index contributed by atoms with van der Waals surface area (Å²) in [5.74, 6) is 0.750. The van der Waals surface area contributed by atoms with Gasteiger partial charge in [0.2, 0.25) is 0 Å². The molecule has 31 heavy (non-hydrogen) atoms. The molecule has 1 aliphatic heterocycles.